The molecule has 0 unspecified atom stereocenters. The summed E-state index contributed by atoms with van der Waals surface area (Å²) in [7, 11) is 0. The summed E-state index contributed by atoms with van der Waals surface area (Å²) in [4.78, 5) is 11.9. The summed E-state index contributed by atoms with van der Waals surface area (Å²) in [6, 6.07) is -0.0704. The Morgan fingerprint density at radius 3 is 2.44 bits per heavy atom. The number of hydrogen-bond acceptors (Lipinski definition) is 2. The molecule has 1 saturated carbocycles. The Morgan fingerprint density at radius 2 is 1.94 bits per heavy atom. The predicted octanol–water partition coefficient (Wildman–Crippen LogP) is 2.05. The minimum Gasteiger partial charge on any atom is -0.352 e. The fourth-order valence-corrected chi connectivity index (χ4v) is 2.41. The van der Waals surface area contributed by atoms with Crippen molar-refractivity contribution in [3.05, 3.63) is 0 Å². The van der Waals surface area contributed by atoms with Crippen LogP contribution in [0.1, 0.15) is 52.9 Å². The first-order valence-electron chi connectivity index (χ1n) is 6.62. The Bertz CT molecular complexity index is 224. The zero-order valence-corrected chi connectivity index (χ0v) is 10.8. The van der Waals surface area contributed by atoms with Gasteiger partial charge in [0, 0.05) is 6.04 Å². The number of carbonyl (C=O) groups excluding carboxylic acids is 1. The third-order valence-electron chi connectivity index (χ3n) is 4.04. The summed E-state index contributed by atoms with van der Waals surface area (Å²) < 4.78 is 0. The van der Waals surface area contributed by atoms with Gasteiger partial charge in [-0.1, -0.05) is 33.1 Å². The van der Waals surface area contributed by atoms with Crippen LogP contribution in [0.15, 0.2) is 0 Å². The van der Waals surface area contributed by atoms with Crippen molar-refractivity contribution >= 4 is 5.91 Å². The lowest BCUT2D eigenvalue weighted by molar-refractivity contribution is -0.124. The molecule has 0 aliphatic heterocycles. The lowest BCUT2D eigenvalue weighted by atomic mass is 9.96. The first-order chi connectivity index (χ1) is 7.56. The first-order valence-corrected chi connectivity index (χ1v) is 6.62. The van der Waals surface area contributed by atoms with E-state index in [9.17, 15) is 4.79 Å². The van der Waals surface area contributed by atoms with Crippen LogP contribution in [0.3, 0.4) is 0 Å². The number of hydrogen-bond donors (Lipinski definition) is 2. The van der Waals surface area contributed by atoms with Crippen molar-refractivity contribution in [3.63, 3.8) is 0 Å². The maximum atomic E-state index is 11.9. The average molecular weight is 226 g/mol. The van der Waals surface area contributed by atoms with Gasteiger partial charge >= 0.3 is 0 Å². The summed E-state index contributed by atoms with van der Waals surface area (Å²) in [6.07, 6.45) is 6.07. The molecule has 0 spiro atoms. The summed E-state index contributed by atoms with van der Waals surface area (Å²) in [6.45, 7) is 6.21. The quantitative estimate of drug-likeness (QED) is 0.754. The average Bonchev–Trinajstić information content (AvgIpc) is 2.80. The molecule has 0 aromatic rings. The van der Waals surface area contributed by atoms with Gasteiger partial charge in [-0.2, -0.15) is 0 Å². The van der Waals surface area contributed by atoms with E-state index in [4.69, 9.17) is 5.73 Å². The minimum atomic E-state index is -0.353. The molecule has 0 bridgehead atoms. The van der Waals surface area contributed by atoms with Crippen LogP contribution in [0.4, 0.5) is 0 Å². The molecule has 0 saturated heterocycles. The van der Waals surface area contributed by atoms with Gasteiger partial charge in [0.05, 0.1) is 6.04 Å². The molecule has 0 aromatic heterocycles. The number of nitrogens with two attached hydrogens (primary N) is 1. The van der Waals surface area contributed by atoms with E-state index in [0.29, 0.717) is 5.92 Å². The van der Waals surface area contributed by atoms with Gasteiger partial charge in [0.25, 0.3) is 0 Å². The number of carbonyl (C=O) groups is 1. The maximum Gasteiger partial charge on any atom is 0.237 e. The molecule has 0 heterocycles. The molecule has 1 aliphatic carbocycles. The van der Waals surface area contributed by atoms with Crippen molar-refractivity contribution < 1.29 is 4.79 Å². The molecule has 1 fully saturated rings. The van der Waals surface area contributed by atoms with Crippen LogP contribution in [0, 0.1) is 11.8 Å². The van der Waals surface area contributed by atoms with Crippen molar-refractivity contribution in [1.29, 1.82) is 0 Å². The minimum absolute atomic E-state index is 0.0220. The molecule has 94 valence electrons. The molecule has 3 N–H and O–H groups in total. The number of nitrogens with one attached hydrogen (secondary N) is 1. The summed E-state index contributed by atoms with van der Waals surface area (Å²) >= 11 is 0. The lowest BCUT2D eigenvalue weighted by Crippen LogP contribution is -2.49. The van der Waals surface area contributed by atoms with E-state index in [-0.39, 0.29) is 23.9 Å². The van der Waals surface area contributed by atoms with Gasteiger partial charge in [0.2, 0.25) is 5.91 Å². The Morgan fingerprint density at radius 1 is 1.38 bits per heavy atom. The number of amides is 1. The van der Waals surface area contributed by atoms with E-state index in [0.717, 1.165) is 6.42 Å². The van der Waals surface area contributed by atoms with Crippen molar-refractivity contribution in [2.75, 3.05) is 0 Å². The van der Waals surface area contributed by atoms with E-state index in [1.807, 2.05) is 6.92 Å². The Hall–Kier alpha value is -0.570. The van der Waals surface area contributed by atoms with E-state index in [1.165, 1.54) is 25.7 Å². The molecule has 0 radical (unpaired) electrons. The Balaban J connectivity index is 2.37. The zero-order valence-electron chi connectivity index (χ0n) is 10.8. The largest absolute Gasteiger partial charge is 0.352 e. The first kappa shape index (κ1) is 13.5. The van der Waals surface area contributed by atoms with Crippen LogP contribution in [-0.2, 0) is 4.79 Å². The van der Waals surface area contributed by atoms with E-state index in [2.05, 4.69) is 19.2 Å². The van der Waals surface area contributed by atoms with Gasteiger partial charge in [-0.25, -0.2) is 0 Å². The molecule has 1 rings (SSSR count). The van der Waals surface area contributed by atoms with E-state index >= 15 is 0 Å². The molecule has 1 amide bonds. The summed E-state index contributed by atoms with van der Waals surface area (Å²) in [5.74, 6) is 0.942. The Kier molecular flexibility index (Phi) is 5.26. The maximum absolute atomic E-state index is 11.9. The highest BCUT2D eigenvalue weighted by Crippen LogP contribution is 2.27. The second-order valence-corrected chi connectivity index (χ2v) is 5.25. The monoisotopic (exact) mass is 226 g/mol. The topological polar surface area (TPSA) is 55.1 Å². The van der Waals surface area contributed by atoms with Gasteiger partial charge in [-0.05, 0) is 31.6 Å². The molecule has 3 heteroatoms. The van der Waals surface area contributed by atoms with E-state index < -0.39 is 0 Å². The van der Waals surface area contributed by atoms with Gasteiger partial charge in [-0.15, -0.1) is 0 Å². The molecule has 1 aliphatic rings. The molecule has 16 heavy (non-hydrogen) atoms. The predicted molar refractivity (Wildman–Crippen MR) is 67.0 cm³/mol. The Labute approximate surface area is 99.2 Å². The van der Waals surface area contributed by atoms with Gasteiger partial charge < -0.3 is 11.1 Å². The van der Waals surface area contributed by atoms with E-state index in [1.54, 1.807) is 0 Å². The van der Waals surface area contributed by atoms with Crippen molar-refractivity contribution in [2.45, 2.75) is 65.0 Å². The highest BCUT2D eigenvalue weighted by molar-refractivity contribution is 5.82. The molecular formula is C13H26N2O. The third-order valence-corrected chi connectivity index (χ3v) is 4.04. The summed E-state index contributed by atoms with van der Waals surface area (Å²) in [5.41, 5.74) is 5.91. The fourth-order valence-electron chi connectivity index (χ4n) is 2.41. The smallest absolute Gasteiger partial charge is 0.237 e. The van der Waals surface area contributed by atoms with Crippen LogP contribution in [0.25, 0.3) is 0 Å². The van der Waals surface area contributed by atoms with Crippen LogP contribution in [-0.4, -0.2) is 18.0 Å². The molecule has 3 nitrogen and oxygen atoms in total. The third kappa shape index (κ3) is 3.48. The van der Waals surface area contributed by atoms with Gasteiger partial charge in [0.1, 0.15) is 0 Å². The van der Waals surface area contributed by atoms with Crippen molar-refractivity contribution in [2.24, 2.45) is 17.6 Å². The second-order valence-electron chi connectivity index (χ2n) is 5.25. The standard InChI is InChI=1S/C13H26N2O/c1-4-9(2)12(14)13(16)15-10(3)11-7-5-6-8-11/h9-12H,4-8,14H2,1-3H3,(H,15,16)/t9-,10+,12-/m0/s1. The summed E-state index contributed by atoms with van der Waals surface area (Å²) in [5, 5.41) is 3.07. The second kappa shape index (κ2) is 6.24. The highest BCUT2D eigenvalue weighted by Gasteiger charge is 2.26. The van der Waals surface area contributed by atoms with Crippen molar-refractivity contribution in [1.82, 2.24) is 5.32 Å². The lowest BCUT2D eigenvalue weighted by Gasteiger charge is -2.24. The van der Waals surface area contributed by atoms with Crippen LogP contribution in [0.5, 0.6) is 0 Å². The van der Waals surface area contributed by atoms with Crippen LogP contribution >= 0.6 is 0 Å². The molecular weight excluding hydrogens is 200 g/mol. The fraction of sp³-hybridized carbons (Fsp3) is 0.923. The molecule has 0 aromatic carbocycles. The SMILES string of the molecule is CC[C@H](C)[C@H](N)C(=O)N[C@H](C)C1CCCC1. The number of rotatable bonds is 5. The van der Waals surface area contributed by atoms with Gasteiger partial charge in [-0.3, -0.25) is 4.79 Å². The highest BCUT2D eigenvalue weighted by atomic mass is 16.2. The van der Waals surface area contributed by atoms with Crippen LogP contribution in [0.2, 0.25) is 0 Å². The van der Waals surface area contributed by atoms with Crippen LogP contribution < -0.4 is 11.1 Å². The zero-order chi connectivity index (χ0) is 12.1. The van der Waals surface area contributed by atoms with Crippen molar-refractivity contribution in [3.8, 4) is 0 Å². The normalized spacial score (nSPS) is 22.8. The molecule has 3 atom stereocenters. The van der Waals surface area contributed by atoms with Gasteiger partial charge in [0.15, 0.2) is 0 Å².